The monoisotopic (exact) mass is 440 g/mol. The van der Waals surface area contributed by atoms with E-state index in [2.05, 4.69) is 24.1 Å². The third kappa shape index (κ3) is 3.74. The minimum Gasteiger partial charge on any atom is -0.436 e. The summed E-state index contributed by atoms with van der Waals surface area (Å²) in [6.07, 6.45) is 0. The maximum absolute atomic E-state index is 12.7. The number of benzene rings is 4. The molecule has 158 valence electrons. The lowest BCUT2D eigenvalue weighted by molar-refractivity contribution is 0.102. The first-order valence-electron chi connectivity index (χ1n) is 10.5. The summed E-state index contributed by atoms with van der Waals surface area (Å²) < 4.78 is 6.02. The van der Waals surface area contributed by atoms with Crippen LogP contribution in [0.5, 0.6) is 0 Å². The first-order chi connectivity index (χ1) is 15.5. The van der Waals surface area contributed by atoms with Crippen molar-refractivity contribution in [3.05, 3.63) is 95.0 Å². The van der Waals surface area contributed by atoms with Crippen molar-refractivity contribution in [1.82, 2.24) is 4.98 Å². The number of carbonyl (C=O) groups excluding carboxylic acids is 1. The molecule has 4 aromatic carbocycles. The number of nitrogens with zero attached hydrogens (tertiary/aromatic N) is 1. The molecule has 0 saturated carbocycles. The lowest BCUT2D eigenvalue weighted by atomic mass is 10.0. The zero-order chi connectivity index (χ0) is 22.2. The van der Waals surface area contributed by atoms with Gasteiger partial charge in [0.05, 0.1) is 0 Å². The highest BCUT2D eigenvalue weighted by atomic mass is 35.5. The van der Waals surface area contributed by atoms with Crippen molar-refractivity contribution in [3.8, 4) is 11.5 Å². The fourth-order valence-electron chi connectivity index (χ4n) is 3.80. The number of anilines is 1. The smallest absolute Gasteiger partial charge is 0.255 e. The van der Waals surface area contributed by atoms with Crippen molar-refractivity contribution >= 4 is 45.1 Å². The third-order valence-corrected chi connectivity index (χ3v) is 5.91. The van der Waals surface area contributed by atoms with Crippen LogP contribution in [0.2, 0.25) is 5.02 Å². The molecule has 0 aliphatic heterocycles. The van der Waals surface area contributed by atoms with Gasteiger partial charge in [-0.15, -0.1) is 0 Å². The molecule has 0 bridgehead atoms. The van der Waals surface area contributed by atoms with Crippen LogP contribution in [0.1, 0.15) is 35.7 Å². The summed E-state index contributed by atoms with van der Waals surface area (Å²) >= 11 is 6.35. The summed E-state index contributed by atoms with van der Waals surface area (Å²) in [5, 5.41) is 5.56. The normalized spacial score (nSPS) is 11.4. The van der Waals surface area contributed by atoms with Crippen molar-refractivity contribution in [3.63, 3.8) is 0 Å². The molecule has 4 nitrogen and oxygen atoms in total. The van der Waals surface area contributed by atoms with E-state index in [0.717, 1.165) is 16.3 Å². The lowest BCUT2D eigenvalue weighted by Gasteiger charge is -2.08. The Labute approximate surface area is 190 Å². The second kappa shape index (κ2) is 8.13. The molecule has 1 aromatic heterocycles. The molecule has 0 spiro atoms. The van der Waals surface area contributed by atoms with Crippen LogP contribution in [0, 0.1) is 0 Å². The van der Waals surface area contributed by atoms with E-state index < -0.39 is 0 Å². The maximum atomic E-state index is 12.7. The van der Waals surface area contributed by atoms with Crippen molar-refractivity contribution in [2.24, 2.45) is 0 Å². The summed E-state index contributed by atoms with van der Waals surface area (Å²) in [5.41, 5.74) is 4.68. The number of halogens is 1. The topological polar surface area (TPSA) is 55.1 Å². The molecule has 5 aromatic rings. The van der Waals surface area contributed by atoms with Gasteiger partial charge in [-0.3, -0.25) is 4.79 Å². The summed E-state index contributed by atoms with van der Waals surface area (Å²) in [6.45, 7) is 4.26. The van der Waals surface area contributed by atoms with E-state index in [1.807, 2.05) is 78.9 Å². The lowest BCUT2D eigenvalue weighted by Crippen LogP contribution is -2.11. The van der Waals surface area contributed by atoms with Crippen LogP contribution in [-0.2, 0) is 0 Å². The minimum absolute atomic E-state index is 0.160. The van der Waals surface area contributed by atoms with Gasteiger partial charge in [0.1, 0.15) is 5.52 Å². The van der Waals surface area contributed by atoms with Crippen LogP contribution in [0.3, 0.4) is 0 Å². The molecule has 32 heavy (non-hydrogen) atoms. The number of aromatic nitrogens is 1. The summed E-state index contributed by atoms with van der Waals surface area (Å²) in [6, 6.07) is 24.8. The minimum atomic E-state index is -0.160. The van der Waals surface area contributed by atoms with E-state index in [0.29, 0.717) is 39.2 Å². The SMILES string of the molecule is CC(C)c1ccc(C(=O)Nc2ccc3oc(-c4cccc5c(Cl)cccc45)nc3c2)cc1. The summed E-state index contributed by atoms with van der Waals surface area (Å²) in [7, 11) is 0. The summed E-state index contributed by atoms with van der Waals surface area (Å²) in [5.74, 6) is 0.779. The van der Waals surface area contributed by atoms with Gasteiger partial charge in [-0.1, -0.05) is 61.8 Å². The van der Waals surface area contributed by atoms with Crippen molar-refractivity contribution in [1.29, 1.82) is 0 Å². The Balaban J connectivity index is 1.45. The molecule has 0 fully saturated rings. The molecule has 1 amide bonds. The highest BCUT2D eigenvalue weighted by Crippen LogP contribution is 2.34. The zero-order valence-electron chi connectivity index (χ0n) is 17.7. The number of hydrogen-bond acceptors (Lipinski definition) is 3. The Bertz CT molecular complexity index is 1450. The maximum Gasteiger partial charge on any atom is 0.255 e. The van der Waals surface area contributed by atoms with Gasteiger partial charge in [0.2, 0.25) is 5.89 Å². The Kier molecular flexibility index (Phi) is 5.16. The van der Waals surface area contributed by atoms with Gasteiger partial charge in [-0.25, -0.2) is 4.98 Å². The molecule has 5 heteroatoms. The molecular formula is C27H21ClN2O2. The Morgan fingerprint density at radius 2 is 1.69 bits per heavy atom. The molecule has 0 aliphatic rings. The van der Waals surface area contributed by atoms with Gasteiger partial charge in [-0.2, -0.15) is 0 Å². The van der Waals surface area contributed by atoms with Gasteiger partial charge < -0.3 is 9.73 Å². The Morgan fingerprint density at radius 1 is 0.938 bits per heavy atom. The molecule has 0 aliphatic carbocycles. The van der Waals surface area contributed by atoms with Crippen molar-refractivity contribution in [2.45, 2.75) is 19.8 Å². The number of nitrogens with one attached hydrogen (secondary N) is 1. The number of carbonyl (C=O) groups is 1. The Morgan fingerprint density at radius 3 is 2.47 bits per heavy atom. The number of amides is 1. The molecule has 0 radical (unpaired) electrons. The first-order valence-corrected chi connectivity index (χ1v) is 10.9. The van der Waals surface area contributed by atoms with E-state index in [9.17, 15) is 4.79 Å². The van der Waals surface area contributed by atoms with Crippen LogP contribution in [0.25, 0.3) is 33.3 Å². The number of hydrogen-bond donors (Lipinski definition) is 1. The van der Waals surface area contributed by atoms with E-state index in [1.165, 1.54) is 5.56 Å². The fraction of sp³-hybridized carbons (Fsp3) is 0.111. The molecule has 1 N–H and O–H groups in total. The van der Waals surface area contributed by atoms with Crippen LogP contribution in [0.4, 0.5) is 5.69 Å². The molecule has 0 unspecified atom stereocenters. The quantitative estimate of drug-likeness (QED) is 0.312. The molecule has 0 atom stereocenters. The van der Waals surface area contributed by atoms with E-state index >= 15 is 0 Å². The van der Waals surface area contributed by atoms with Gasteiger partial charge >= 0.3 is 0 Å². The molecular weight excluding hydrogens is 420 g/mol. The van der Waals surface area contributed by atoms with Gasteiger partial charge in [0.25, 0.3) is 5.91 Å². The van der Waals surface area contributed by atoms with Crippen LogP contribution >= 0.6 is 11.6 Å². The van der Waals surface area contributed by atoms with Gasteiger partial charge in [-0.05, 0) is 59.3 Å². The second-order valence-corrected chi connectivity index (χ2v) is 8.48. The van der Waals surface area contributed by atoms with Crippen LogP contribution in [-0.4, -0.2) is 10.9 Å². The highest BCUT2D eigenvalue weighted by Gasteiger charge is 2.14. The fourth-order valence-corrected chi connectivity index (χ4v) is 4.04. The zero-order valence-corrected chi connectivity index (χ0v) is 18.5. The number of oxazole rings is 1. The van der Waals surface area contributed by atoms with Gasteiger partial charge in [0.15, 0.2) is 5.58 Å². The van der Waals surface area contributed by atoms with E-state index in [1.54, 1.807) is 0 Å². The first kappa shape index (κ1) is 20.3. The summed E-state index contributed by atoms with van der Waals surface area (Å²) in [4.78, 5) is 17.3. The Hall–Kier alpha value is -3.63. The molecule has 1 heterocycles. The molecule has 0 saturated heterocycles. The number of fused-ring (bicyclic) bond motifs is 2. The van der Waals surface area contributed by atoms with E-state index in [-0.39, 0.29) is 5.91 Å². The van der Waals surface area contributed by atoms with Gasteiger partial charge in [0, 0.05) is 27.2 Å². The number of rotatable bonds is 4. The average Bonchev–Trinajstić information content (AvgIpc) is 3.22. The van der Waals surface area contributed by atoms with Crippen molar-refractivity contribution < 1.29 is 9.21 Å². The van der Waals surface area contributed by atoms with Crippen LogP contribution in [0.15, 0.2) is 83.3 Å². The van der Waals surface area contributed by atoms with Crippen molar-refractivity contribution in [2.75, 3.05) is 5.32 Å². The van der Waals surface area contributed by atoms with E-state index in [4.69, 9.17) is 16.0 Å². The highest BCUT2D eigenvalue weighted by molar-refractivity contribution is 6.35. The largest absolute Gasteiger partial charge is 0.436 e. The third-order valence-electron chi connectivity index (χ3n) is 5.58. The molecule has 5 rings (SSSR count). The predicted molar refractivity (Wildman–Crippen MR) is 130 cm³/mol. The second-order valence-electron chi connectivity index (χ2n) is 8.07. The predicted octanol–water partition coefficient (Wildman–Crippen LogP) is 7.68. The standard InChI is InChI=1S/C27H21ClN2O2/c1-16(2)17-9-11-18(12-10-17)26(31)29-19-13-14-25-24(15-19)30-27(32-25)22-7-3-6-21-20(22)5-4-8-23(21)28/h3-16H,1-2H3,(H,29,31). The van der Waals surface area contributed by atoms with Crippen LogP contribution < -0.4 is 5.32 Å². The average molecular weight is 441 g/mol.